The first kappa shape index (κ1) is 14.8. The normalized spacial score (nSPS) is 26.2. The van der Waals surface area contributed by atoms with Crippen LogP contribution in [-0.2, 0) is 4.79 Å². The monoisotopic (exact) mass is 268 g/mol. The number of hydrogen-bond donors (Lipinski definition) is 2. The van der Waals surface area contributed by atoms with Gasteiger partial charge in [0.1, 0.15) is 0 Å². The summed E-state index contributed by atoms with van der Waals surface area (Å²) >= 11 is 0. The summed E-state index contributed by atoms with van der Waals surface area (Å²) in [5.74, 6) is 0.976. The molecule has 0 saturated carbocycles. The molecule has 0 aromatic rings. The van der Waals surface area contributed by atoms with Crippen LogP contribution in [0.3, 0.4) is 0 Å². The van der Waals surface area contributed by atoms with E-state index in [0.29, 0.717) is 12.3 Å². The Labute approximate surface area is 116 Å². The second-order valence-corrected chi connectivity index (χ2v) is 6.00. The van der Waals surface area contributed by atoms with Crippen LogP contribution in [0.5, 0.6) is 0 Å². The SMILES string of the molecule is O=C(CCC1CCNCC1)N1CCCCCC1CO. The van der Waals surface area contributed by atoms with Gasteiger partial charge >= 0.3 is 0 Å². The summed E-state index contributed by atoms with van der Waals surface area (Å²) in [4.78, 5) is 14.3. The summed E-state index contributed by atoms with van der Waals surface area (Å²) in [7, 11) is 0. The smallest absolute Gasteiger partial charge is 0.222 e. The predicted octanol–water partition coefficient (Wildman–Crippen LogP) is 1.53. The fraction of sp³-hybridized carbons (Fsp3) is 0.933. The molecular weight excluding hydrogens is 240 g/mol. The highest BCUT2D eigenvalue weighted by molar-refractivity contribution is 5.76. The lowest BCUT2D eigenvalue weighted by Gasteiger charge is -2.30. The Morgan fingerprint density at radius 3 is 2.68 bits per heavy atom. The molecule has 2 aliphatic rings. The highest BCUT2D eigenvalue weighted by Gasteiger charge is 2.25. The Morgan fingerprint density at radius 2 is 1.95 bits per heavy atom. The predicted molar refractivity (Wildman–Crippen MR) is 75.9 cm³/mol. The van der Waals surface area contributed by atoms with E-state index in [4.69, 9.17) is 0 Å². The number of carbonyl (C=O) groups excluding carboxylic acids is 1. The van der Waals surface area contributed by atoms with Gasteiger partial charge < -0.3 is 15.3 Å². The number of likely N-dealkylation sites (tertiary alicyclic amines) is 1. The summed E-state index contributed by atoms with van der Waals surface area (Å²) in [5, 5.41) is 12.8. The highest BCUT2D eigenvalue weighted by Crippen LogP contribution is 2.21. The molecule has 1 unspecified atom stereocenters. The van der Waals surface area contributed by atoms with E-state index in [1.165, 1.54) is 19.3 Å². The third kappa shape index (κ3) is 4.46. The first-order chi connectivity index (χ1) is 9.31. The molecule has 2 fully saturated rings. The van der Waals surface area contributed by atoms with Gasteiger partial charge in [0.25, 0.3) is 0 Å². The maximum absolute atomic E-state index is 12.4. The number of hydrogen-bond acceptors (Lipinski definition) is 3. The molecular formula is C15H28N2O2. The van der Waals surface area contributed by atoms with Crippen molar-refractivity contribution in [3.63, 3.8) is 0 Å². The Balaban J connectivity index is 1.79. The molecule has 0 aromatic carbocycles. The molecule has 4 nitrogen and oxygen atoms in total. The van der Waals surface area contributed by atoms with Gasteiger partial charge in [-0.1, -0.05) is 12.8 Å². The Kier molecular flexibility index (Phi) is 6.11. The van der Waals surface area contributed by atoms with Crippen LogP contribution < -0.4 is 5.32 Å². The second-order valence-electron chi connectivity index (χ2n) is 6.00. The average molecular weight is 268 g/mol. The number of amides is 1. The third-order valence-electron chi connectivity index (χ3n) is 4.63. The van der Waals surface area contributed by atoms with Gasteiger partial charge in [-0.2, -0.15) is 0 Å². The lowest BCUT2D eigenvalue weighted by Crippen LogP contribution is -2.42. The standard InChI is InChI=1S/C15H28N2O2/c18-12-14-4-2-1-3-11-17(14)15(19)6-5-13-7-9-16-10-8-13/h13-14,16,18H,1-12H2. The zero-order valence-corrected chi connectivity index (χ0v) is 11.9. The van der Waals surface area contributed by atoms with E-state index in [1.807, 2.05) is 4.90 Å². The van der Waals surface area contributed by atoms with E-state index in [1.54, 1.807) is 0 Å². The minimum atomic E-state index is 0.0722. The van der Waals surface area contributed by atoms with Crippen LogP contribution in [0.1, 0.15) is 51.4 Å². The minimum absolute atomic E-state index is 0.0722. The van der Waals surface area contributed by atoms with Crippen LogP contribution in [0.15, 0.2) is 0 Å². The van der Waals surface area contributed by atoms with E-state index in [2.05, 4.69) is 5.32 Å². The zero-order chi connectivity index (χ0) is 13.5. The topological polar surface area (TPSA) is 52.6 Å². The first-order valence-corrected chi connectivity index (χ1v) is 7.92. The van der Waals surface area contributed by atoms with Gasteiger partial charge in [-0.3, -0.25) is 4.79 Å². The zero-order valence-electron chi connectivity index (χ0n) is 11.9. The van der Waals surface area contributed by atoms with Crippen molar-refractivity contribution in [2.75, 3.05) is 26.2 Å². The van der Waals surface area contributed by atoms with Crippen molar-refractivity contribution in [2.45, 2.75) is 57.4 Å². The fourth-order valence-corrected chi connectivity index (χ4v) is 3.34. The second kappa shape index (κ2) is 7.85. The number of aliphatic hydroxyl groups is 1. The van der Waals surface area contributed by atoms with Crippen molar-refractivity contribution in [3.05, 3.63) is 0 Å². The van der Waals surface area contributed by atoms with Crippen molar-refractivity contribution in [3.8, 4) is 0 Å². The van der Waals surface area contributed by atoms with Gasteiger partial charge in [-0.15, -0.1) is 0 Å². The number of rotatable bonds is 4. The number of piperidine rings is 1. The van der Waals surface area contributed by atoms with Gasteiger partial charge in [0, 0.05) is 13.0 Å². The molecule has 2 N–H and O–H groups in total. The maximum atomic E-state index is 12.4. The van der Waals surface area contributed by atoms with Crippen LogP contribution in [0.25, 0.3) is 0 Å². The number of nitrogens with one attached hydrogen (secondary N) is 1. The van der Waals surface area contributed by atoms with Crippen molar-refractivity contribution >= 4 is 5.91 Å². The van der Waals surface area contributed by atoms with E-state index in [0.717, 1.165) is 45.3 Å². The molecule has 0 radical (unpaired) electrons. The molecule has 2 heterocycles. The molecule has 19 heavy (non-hydrogen) atoms. The summed E-state index contributed by atoms with van der Waals surface area (Å²) in [6, 6.07) is 0.0722. The molecule has 110 valence electrons. The third-order valence-corrected chi connectivity index (χ3v) is 4.63. The van der Waals surface area contributed by atoms with Gasteiger partial charge in [-0.25, -0.2) is 0 Å². The molecule has 2 aliphatic heterocycles. The quantitative estimate of drug-likeness (QED) is 0.813. The summed E-state index contributed by atoms with van der Waals surface area (Å²) in [5.41, 5.74) is 0. The molecule has 1 atom stereocenters. The minimum Gasteiger partial charge on any atom is -0.394 e. The number of aliphatic hydroxyl groups excluding tert-OH is 1. The number of nitrogens with zero attached hydrogens (tertiary/aromatic N) is 1. The maximum Gasteiger partial charge on any atom is 0.222 e. The molecule has 0 aromatic heterocycles. The molecule has 0 aliphatic carbocycles. The van der Waals surface area contributed by atoms with Gasteiger partial charge in [0.15, 0.2) is 0 Å². The van der Waals surface area contributed by atoms with Crippen LogP contribution >= 0.6 is 0 Å². The van der Waals surface area contributed by atoms with Crippen LogP contribution in [0, 0.1) is 5.92 Å². The Bertz CT molecular complexity index is 277. The summed E-state index contributed by atoms with van der Waals surface area (Å²) < 4.78 is 0. The average Bonchev–Trinajstić information content (AvgIpc) is 2.71. The van der Waals surface area contributed by atoms with E-state index in [-0.39, 0.29) is 18.6 Å². The molecule has 2 rings (SSSR count). The first-order valence-electron chi connectivity index (χ1n) is 7.92. The fourth-order valence-electron chi connectivity index (χ4n) is 3.34. The van der Waals surface area contributed by atoms with Crippen molar-refractivity contribution in [1.82, 2.24) is 10.2 Å². The van der Waals surface area contributed by atoms with Crippen LogP contribution in [0.2, 0.25) is 0 Å². The summed E-state index contributed by atoms with van der Waals surface area (Å²) in [6.45, 7) is 3.17. The molecule has 0 spiro atoms. The number of carbonyl (C=O) groups is 1. The van der Waals surface area contributed by atoms with Gasteiger partial charge in [0.05, 0.1) is 12.6 Å². The largest absolute Gasteiger partial charge is 0.394 e. The Morgan fingerprint density at radius 1 is 1.16 bits per heavy atom. The summed E-state index contributed by atoms with van der Waals surface area (Å²) in [6.07, 6.45) is 8.49. The highest BCUT2D eigenvalue weighted by atomic mass is 16.3. The van der Waals surface area contributed by atoms with E-state index >= 15 is 0 Å². The lowest BCUT2D eigenvalue weighted by molar-refractivity contribution is -0.134. The van der Waals surface area contributed by atoms with E-state index in [9.17, 15) is 9.90 Å². The van der Waals surface area contributed by atoms with Crippen molar-refractivity contribution in [2.24, 2.45) is 5.92 Å². The molecule has 4 heteroatoms. The van der Waals surface area contributed by atoms with E-state index < -0.39 is 0 Å². The van der Waals surface area contributed by atoms with Crippen LogP contribution in [0.4, 0.5) is 0 Å². The van der Waals surface area contributed by atoms with Crippen LogP contribution in [-0.4, -0.2) is 48.2 Å². The molecule has 0 bridgehead atoms. The lowest BCUT2D eigenvalue weighted by atomic mass is 9.93. The van der Waals surface area contributed by atoms with Crippen molar-refractivity contribution < 1.29 is 9.90 Å². The molecule has 2 saturated heterocycles. The van der Waals surface area contributed by atoms with Gasteiger partial charge in [0.2, 0.25) is 5.91 Å². The van der Waals surface area contributed by atoms with Crippen molar-refractivity contribution in [1.29, 1.82) is 0 Å². The van der Waals surface area contributed by atoms with Gasteiger partial charge in [-0.05, 0) is 51.1 Å². The Hall–Kier alpha value is -0.610. The molecule has 1 amide bonds.